The summed E-state index contributed by atoms with van der Waals surface area (Å²) in [7, 11) is 0. The van der Waals surface area contributed by atoms with Gasteiger partial charge in [-0.1, -0.05) is 0 Å². The molecular weight excluding hydrogens is 260 g/mol. The summed E-state index contributed by atoms with van der Waals surface area (Å²) in [5.74, 6) is -0.112. The first-order chi connectivity index (χ1) is 9.24. The Bertz CT molecular complexity index is 704. The van der Waals surface area contributed by atoms with E-state index in [0.717, 1.165) is 16.0 Å². The van der Waals surface area contributed by atoms with Gasteiger partial charge in [0.1, 0.15) is 5.01 Å². The first-order valence-corrected chi connectivity index (χ1v) is 6.75. The molecular formula is C13H12N4OS. The minimum atomic E-state index is -0.112. The van der Waals surface area contributed by atoms with Gasteiger partial charge in [0.2, 0.25) is 0 Å². The van der Waals surface area contributed by atoms with Crippen LogP contribution >= 0.6 is 11.3 Å². The summed E-state index contributed by atoms with van der Waals surface area (Å²) in [6.07, 6.45) is 3.35. The van der Waals surface area contributed by atoms with Crippen LogP contribution in [-0.4, -0.2) is 20.9 Å². The highest BCUT2D eigenvalue weighted by molar-refractivity contribution is 7.09. The molecule has 0 aliphatic rings. The number of fused-ring (bicyclic) bond motifs is 1. The summed E-state index contributed by atoms with van der Waals surface area (Å²) >= 11 is 1.53. The summed E-state index contributed by atoms with van der Waals surface area (Å²) in [5.41, 5.74) is 2.32. The van der Waals surface area contributed by atoms with Crippen LogP contribution in [0.15, 0.2) is 36.1 Å². The predicted molar refractivity (Wildman–Crippen MR) is 74.1 cm³/mol. The highest BCUT2D eigenvalue weighted by Crippen LogP contribution is 2.16. The van der Waals surface area contributed by atoms with Crippen molar-refractivity contribution in [3.05, 3.63) is 46.7 Å². The normalized spacial score (nSPS) is 12.5. The largest absolute Gasteiger partial charge is 0.345 e. The molecule has 1 atom stereocenters. The third kappa shape index (κ3) is 2.34. The number of nitrogens with one attached hydrogen (secondary N) is 2. The fourth-order valence-electron chi connectivity index (χ4n) is 1.87. The molecule has 0 aliphatic carbocycles. The maximum atomic E-state index is 12.1. The minimum absolute atomic E-state index is 0.0926. The molecule has 2 heterocycles. The Hall–Kier alpha value is -2.21. The molecule has 3 aromatic rings. The number of benzene rings is 1. The zero-order chi connectivity index (χ0) is 13.2. The molecule has 0 aliphatic heterocycles. The molecule has 19 heavy (non-hydrogen) atoms. The van der Waals surface area contributed by atoms with E-state index >= 15 is 0 Å². The lowest BCUT2D eigenvalue weighted by molar-refractivity contribution is 0.0940. The fourth-order valence-corrected chi connectivity index (χ4v) is 2.51. The smallest absolute Gasteiger partial charge is 0.251 e. The Balaban J connectivity index is 1.79. The van der Waals surface area contributed by atoms with Crippen molar-refractivity contribution in [3.63, 3.8) is 0 Å². The van der Waals surface area contributed by atoms with Gasteiger partial charge in [0.25, 0.3) is 5.91 Å². The summed E-state index contributed by atoms with van der Waals surface area (Å²) in [4.78, 5) is 23.5. The average Bonchev–Trinajstić information content (AvgIpc) is 3.09. The van der Waals surface area contributed by atoms with Gasteiger partial charge in [0.05, 0.1) is 23.4 Å². The zero-order valence-electron chi connectivity index (χ0n) is 10.3. The van der Waals surface area contributed by atoms with Gasteiger partial charge in [-0.2, -0.15) is 0 Å². The van der Waals surface area contributed by atoms with E-state index in [2.05, 4.69) is 20.3 Å². The standard InChI is InChI=1S/C13H12N4OS/c1-8(13-14-4-5-19-13)17-12(18)9-2-3-10-11(6-9)16-7-15-10/h2-8H,1H3,(H,15,16)(H,17,18). The van der Waals surface area contributed by atoms with E-state index in [0.29, 0.717) is 5.56 Å². The summed E-state index contributed by atoms with van der Waals surface area (Å²) < 4.78 is 0. The van der Waals surface area contributed by atoms with Crippen LogP contribution in [0.5, 0.6) is 0 Å². The molecule has 0 spiro atoms. The van der Waals surface area contributed by atoms with Crippen molar-refractivity contribution in [1.29, 1.82) is 0 Å². The third-order valence-electron chi connectivity index (χ3n) is 2.85. The third-order valence-corrected chi connectivity index (χ3v) is 3.81. The van der Waals surface area contributed by atoms with Crippen LogP contribution in [-0.2, 0) is 0 Å². The van der Waals surface area contributed by atoms with Crippen molar-refractivity contribution in [2.75, 3.05) is 0 Å². The lowest BCUT2D eigenvalue weighted by Crippen LogP contribution is -2.26. The van der Waals surface area contributed by atoms with E-state index in [1.54, 1.807) is 24.7 Å². The first-order valence-electron chi connectivity index (χ1n) is 5.87. The van der Waals surface area contributed by atoms with Crippen LogP contribution in [0, 0.1) is 0 Å². The fraction of sp³-hybridized carbons (Fsp3) is 0.154. The molecule has 2 aromatic heterocycles. The van der Waals surface area contributed by atoms with E-state index in [1.807, 2.05) is 18.4 Å². The predicted octanol–water partition coefficient (Wildman–Crippen LogP) is 2.51. The second-order valence-electron chi connectivity index (χ2n) is 4.20. The Morgan fingerprint density at radius 3 is 3.11 bits per heavy atom. The number of aromatic amines is 1. The first kappa shape index (κ1) is 11.9. The summed E-state index contributed by atoms with van der Waals surface area (Å²) in [5, 5.41) is 5.73. The van der Waals surface area contributed by atoms with E-state index in [-0.39, 0.29) is 11.9 Å². The van der Waals surface area contributed by atoms with E-state index in [4.69, 9.17) is 0 Å². The number of amides is 1. The molecule has 0 saturated heterocycles. The molecule has 0 saturated carbocycles. The second-order valence-corrected chi connectivity index (χ2v) is 5.13. The Kier molecular flexibility index (Phi) is 3.00. The SMILES string of the molecule is CC(NC(=O)c1ccc2nc[nH]c2c1)c1nccs1. The van der Waals surface area contributed by atoms with Gasteiger partial charge in [-0.25, -0.2) is 9.97 Å². The highest BCUT2D eigenvalue weighted by Gasteiger charge is 2.13. The second kappa shape index (κ2) is 4.81. The van der Waals surface area contributed by atoms with Crippen LogP contribution in [0.2, 0.25) is 0 Å². The number of H-pyrrole nitrogens is 1. The van der Waals surface area contributed by atoms with Gasteiger partial charge < -0.3 is 10.3 Å². The zero-order valence-corrected chi connectivity index (χ0v) is 11.1. The van der Waals surface area contributed by atoms with Gasteiger partial charge >= 0.3 is 0 Å². The van der Waals surface area contributed by atoms with E-state index < -0.39 is 0 Å². The number of rotatable bonds is 3. The maximum absolute atomic E-state index is 12.1. The molecule has 1 unspecified atom stereocenters. The number of carbonyl (C=O) groups is 1. The molecule has 0 fully saturated rings. The summed E-state index contributed by atoms with van der Waals surface area (Å²) in [6, 6.07) is 5.30. The number of aromatic nitrogens is 3. The van der Waals surface area contributed by atoms with Gasteiger partial charge in [-0.05, 0) is 25.1 Å². The van der Waals surface area contributed by atoms with Crippen LogP contribution in [0.4, 0.5) is 0 Å². The monoisotopic (exact) mass is 272 g/mol. The number of thiazole rings is 1. The molecule has 2 N–H and O–H groups in total. The lowest BCUT2D eigenvalue weighted by atomic mass is 10.2. The van der Waals surface area contributed by atoms with Crippen molar-refractivity contribution < 1.29 is 4.79 Å². The molecule has 1 amide bonds. The molecule has 5 nitrogen and oxygen atoms in total. The topological polar surface area (TPSA) is 70.7 Å². The van der Waals surface area contributed by atoms with Crippen molar-refractivity contribution in [1.82, 2.24) is 20.3 Å². The van der Waals surface area contributed by atoms with Crippen molar-refractivity contribution >= 4 is 28.3 Å². The van der Waals surface area contributed by atoms with Crippen LogP contribution in [0.25, 0.3) is 11.0 Å². The molecule has 0 radical (unpaired) electrons. The Labute approximate surface area is 113 Å². The van der Waals surface area contributed by atoms with Gasteiger partial charge in [0.15, 0.2) is 0 Å². The van der Waals surface area contributed by atoms with E-state index in [1.165, 1.54) is 11.3 Å². The van der Waals surface area contributed by atoms with Crippen molar-refractivity contribution in [3.8, 4) is 0 Å². The number of hydrogen-bond acceptors (Lipinski definition) is 4. The van der Waals surface area contributed by atoms with Crippen molar-refractivity contribution in [2.45, 2.75) is 13.0 Å². The minimum Gasteiger partial charge on any atom is -0.345 e. The van der Waals surface area contributed by atoms with E-state index in [9.17, 15) is 4.79 Å². The number of carbonyl (C=O) groups excluding carboxylic acids is 1. The van der Waals surface area contributed by atoms with Gasteiger partial charge in [-0.3, -0.25) is 4.79 Å². The molecule has 3 rings (SSSR count). The molecule has 0 bridgehead atoms. The molecule has 96 valence electrons. The number of hydrogen-bond donors (Lipinski definition) is 2. The lowest BCUT2D eigenvalue weighted by Gasteiger charge is -2.11. The number of nitrogens with zero attached hydrogens (tertiary/aromatic N) is 2. The van der Waals surface area contributed by atoms with Crippen molar-refractivity contribution in [2.24, 2.45) is 0 Å². The van der Waals surface area contributed by atoms with Crippen LogP contribution in [0.1, 0.15) is 28.3 Å². The quantitative estimate of drug-likeness (QED) is 0.769. The van der Waals surface area contributed by atoms with Gasteiger partial charge in [0, 0.05) is 17.1 Å². The summed E-state index contributed by atoms with van der Waals surface area (Å²) in [6.45, 7) is 1.92. The number of imidazole rings is 1. The Morgan fingerprint density at radius 1 is 1.42 bits per heavy atom. The highest BCUT2D eigenvalue weighted by atomic mass is 32.1. The average molecular weight is 272 g/mol. The molecule has 6 heteroatoms. The Morgan fingerprint density at radius 2 is 2.32 bits per heavy atom. The maximum Gasteiger partial charge on any atom is 0.251 e. The van der Waals surface area contributed by atoms with Crippen LogP contribution in [0.3, 0.4) is 0 Å². The molecule has 1 aromatic carbocycles. The van der Waals surface area contributed by atoms with Gasteiger partial charge in [-0.15, -0.1) is 11.3 Å². The van der Waals surface area contributed by atoms with Crippen LogP contribution < -0.4 is 5.32 Å².